The van der Waals surface area contributed by atoms with Gasteiger partial charge in [0.05, 0.1) is 6.61 Å². The van der Waals surface area contributed by atoms with E-state index in [1.165, 1.54) is 0 Å². The van der Waals surface area contributed by atoms with E-state index >= 15 is 0 Å². The molecule has 0 amide bonds. The smallest absolute Gasteiger partial charge is 0.223 e. The summed E-state index contributed by atoms with van der Waals surface area (Å²) in [4.78, 5) is 4.10. The van der Waals surface area contributed by atoms with Crippen molar-refractivity contribution in [1.82, 2.24) is 10.1 Å². The predicted molar refractivity (Wildman–Crippen MR) is 61.7 cm³/mol. The summed E-state index contributed by atoms with van der Waals surface area (Å²) in [7, 11) is 0. The molecule has 2 aromatic rings. The van der Waals surface area contributed by atoms with Crippen molar-refractivity contribution in [3.05, 3.63) is 35.7 Å². The molecule has 1 aromatic carbocycles. The van der Waals surface area contributed by atoms with Crippen LogP contribution in [0, 0.1) is 6.92 Å². The molecule has 0 atom stereocenters. The van der Waals surface area contributed by atoms with Crippen LogP contribution in [0.25, 0.3) is 11.4 Å². The van der Waals surface area contributed by atoms with Gasteiger partial charge in [-0.25, -0.2) is 0 Å². The summed E-state index contributed by atoms with van der Waals surface area (Å²) in [6.45, 7) is 5.80. The minimum atomic E-state index is 0.0472. The number of aromatic nitrogens is 2. The molecule has 1 heterocycles. The van der Waals surface area contributed by atoms with Crippen molar-refractivity contribution in [2.24, 2.45) is 0 Å². The van der Waals surface area contributed by atoms with E-state index < -0.39 is 0 Å². The second-order valence-corrected chi connectivity index (χ2v) is 2.99. The minimum absolute atomic E-state index is 0.0472. The zero-order valence-electron chi connectivity index (χ0n) is 9.77. The van der Waals surface area contributed by atoms with Crippen molar-refractivity contribution in [2.45, 2.75) is 27.4 Å². The lowest BCUT2D eigenvalue weighted by molar-refractivity contribution is 0.282. The normalized spacial score (nSPS) is 9.50. The molecule has 1 aromatic heterocycles. The maximum atomic E-state index is 8.85. The molecular formula is C12H16N2O2. The van der Waals surface area contributed by atoms with Gasteiger partial charge in [-0.05, 0) is 5.56 Å². The Balaban J connectivity index is 0.000000606. The first-order chi connectivity index (χ1) is 7.79. The van der Waals surface area contributed by atoms with E-state index in [9.17, 15) is 0 Å². The monoisotopic (exact) mass is 220 g/mol. The lowest BCUT2D eigenvalue weighted by Crippen LogP contribution is -1.84. The third-order valence-electron chi connectivity index (χ3n) is 1.92. The summed E-state index contributed by atoms with van der Waals surface area (Å²) in [5, 5.41) is 12.6. The lowest BCUT2D eigenvalue weighted by atomic mass is 10.1. The number of aliphatic hydroxyl groups is 1. The van der Waals surface area contributed by atoms with Gasteiger partial charge < -0.3 is 9.63 Å². The van der Waals surface area contributed by atoms with E-state index in [1.54, 1.807) is 6.92 Å². The van der Waals surface area contributed by atoms with Crippen LogP contribution in [0.3, 0.4) is 0 Å². The van der Waals surface area contributed by atoms with Gasteiger partial charge in [-0.3, -0.25) is 0 Å². The molecule has 0 unspecified atom stereocenters. The van der Waals surface area contributed by atoms with Crippen molar-refractivity contribution >= 4 is 0 Å². The van der Waals surface area contributed by atoms with E-state index in [0.29, 0.717) is 11.7 Å². The van der Waals surface area contributed by atoms with Crippen LogP contribution in [-0.4, -0.2) is 15.2 Å². The highest BCUT2D eigenvalue weighted by atomic mass is 16.5. The quantitative estimate of drug-likeness (QED) is 0.845. The maximum Gasteiger partial charge on any atom is 0.223 e. The van der Waals surface area contributed by atoms with Crippen molar-refractivity contribution in [3.8, 4) is 11.4 Å². The number of hydrogen-bond acceptors (Lipinski definition) is 4. The Morgan fingerprint density at radius 1 is 1.19 bits per heavy atom. The molecule has 0 aliphatic heterocycles. The average molecular weight is 220 g/mol. The Bertz CT molecular complexity index is 421. The highest BCUT2D eigenvalue weighted by Crippen LogP contribution is 2.16. The summed E-state index contributed by atoms with van der Waals surface area (Å²) < 4.78 is 4.86. The molecule has 2 rings (SSSR count). The molecule has 1 N–H and O–H groups in total. The van der Waals surface area contributed by atoms with Gasteiger partial charge >= 0.3 is 0 Å². The Morgan fingerprint density at radius 2 is 1.81 bits per heavy atom. The van der Waals surface area contributed by atoms with E-state index in [-0.39, 0.29) is 6.61 Å². The molecule has 0 saturated carbocycles. The molecule has 0 bridgehead atoms. The molecular weight excluding hydrogens is 204 g/mol. The number of aliphatic hydroxyl groups excluding tert-OH is 1. The summed E-state index contributed by atoms with van der Waals surface area (Å²) in [5.74, 6) is 1.12. The highest BCUT2D eigenvalue weighted by Gasteiger charge is 2.04. The van der Waals surface area contributed by atoms with E-state index in [1.807, 2.05) is 38.1 Å². The molecule has 0 saturated heterocycles. The molecule has 0 aliphatic carbocycles. The molecule has 0 fully saturated rings. The Morgan fingerprint density at radius 3 is 2.25 bits per heavy atom. The van der Waals surface area contributed by atoms with Gasteiger partial charge in [0, 0.05) is 12.5 Å². The SMILES string of the molecule is CC.Cc1nc(-c2ccc(CO)cc2)no1. The number of benzene rings is 1. The Kier molecular flexibility index (Phi) is 4.66. The standard InChI is InChI=1S/C10H10N2O2.C2H6/c1-7-11-10(12-14-7)9-4-2-8(6-13)3-5-9;1-2/h2-5,13H,6H2,1H3;1-2H3. The van der Waals surface area contributed by atoms with Gasteiger partial charge in [0.1, 0.15) is 0 Å². The Hall–Kier alpha value is -1.68. The largest absolute Gasteiger partial charge is 0.392 e. The third-order valence-corrected chi connectivity index (χ3v) is 1.92. The molecule has 86 valence electrons. The van der Waals surface area contributed by atoms with Crippen LogP contribution in [0.5, 0.6) is 0 Å². The molecule has 0 radical (unpaired) electrons. The molecule has 4 nitrogen and oxygen atoms in total. The van der Waals surface area contributed by atoms with Crippen LogP contribution < -0.4 is 0 Å². The first-order valence-electron chi connectivity index (χ1n) is 5.30. The van der Waals surface area contributed by atoms with Gasteiger partial charge in [-0.15, -0.1) is 0 Å². The van der Waals surface area contributed by atoms with Crippen molar-refractivity contribution in [3.63, 3.8) is 0 Å². The fourth-order valence-corrected chi connectivity index (χ4v) is 1.18. The van der Waals surface area contributed by atoms with Gasteiger partial charge in [0.2, 0.25) is 11.7 Å². The van der Waals surface area contributed by atoms with Crippen LogP contribution in [-0.2, 0) is 6.61 Å². The van der Waals surface area contributed by atoms with Crippen molar-refractivity contribution < 1.29 is 9.63 Å². The van der Waals surface area contributed by atoms with Gasteiger partial charge in [-0.2, -0.15) is 4.98 Å². The molecule has 16 heavy (non-hydrogen) atoms. The average Bonchev–Trinajstić information content (AvgIpc) is 2.79. The van der Waals surface area contributed by atoms with Gasteiger partial charge in [0.15, 0.2) is 0 Å². The van der Waals surface area contributed by atoms with Crippen LogP contribution in [0.4, 0.5) is 0 Å². The van der Waals surface area contributed by atoms with E-state index in [4.69, 9.17) is 9.63 Å². The summed E-state index contributed by atoms with van der Waals surface area (Å²) in [6.07, 6.45) is 0. The second kappa shape index (κ2) is 6.02. The topological polar surface area (TPSA) is 59.2 Å². The highest BCUT2D eigenvalue weighted by molar-refractivity contribution is 5.54. The molecule has 0 aliphatic rings. The zero-order chi connectivity index (χ0) is 12.0. The molecule has 4 heteroatoms. The van der Waals surface area contributed by atoms with Crippen LogP contribution >= 0.6 is 0 Å². The number of hydrogen-bond donors (Lipinski definition) is 1. The molecule has 0 spiro atoms. The third kappa shape index (κ3) is 2.90. The van der Waals surface area contributed by atoms with E-state index in [2.05, 4.69) is 10.1 Å². The fourth-order valence-electron chi connectivity index (χ4n) is 1.18. The number of aryl methyl sites for hydroxylation is 1. The zero-order valence-corrected chi connectivity index (χ0v) is 9.77. The van der Waals surface area contributed by atoms with Gasteiger partial charge in [-0.1, -0.05) is 43.3 Å². The van der Waals surface area contributed by atoms with Crippen LogP contribution in [0.15, 0.2) is 28.8 Å². The van der Waals surface area contributed by atoms with Crippen LogP contribution in [0.1, 0.15) is 25.3 Å². The summed E-state index contributed by atoms with van der Waals surface area (Å²) in [5.41, 5.74) is 1.76. The van der Waals surface area contributed by atoms with Crippen molar-refractivity contribution in [1.29, 1.82) is 0 Å². The minimum Gasteiger partial charge on any atom is -0.392 e. The second-order valence-electron chi connectivity index (χ2n) is 2.99. The lowest BCUT2D eigenvalue weighted by Gasteiger charge is -1.96. The van der Waals surface area contributed by atoms with Crippen molar-refractivity contribution in [2.75, 3.05) is 0 Å². The summed E-state index contributed by atoms with van der Waals surface area (Å²) in [6, 6.07) is 7.38. The van der Waals surface area contributed by atoms with Gasteiger partial charge in [0.25, 0.3) is 0 Å². The first kappa shape index (κ1) is 12.4. The number of rotatable bonds is 2. The fraction of sp³-hybridized carbons (Fsp3) is 0.333. The van der Waals surface area contributed by atoms with Crippen LogP contribution in [0.2, 0.25) is 0 Å². The number of nitrogens with zero attached hydrogens (tertiary/aromatic N) is 2. The maximum absolute atomic E-state index is 8.85. The predicted octanol–water partition coefficient (Wildman–Crippen LogP) is 2.56. The van der Waals surface area contributed by atoms with E-state index in [0.717, 1.165) is 11.1 Å². The summed E-state index contributed by atoms with van der Waals surface area (Å²) >= 11 is 0. The Labute approximate surface area is 94.9 Å². The first-order valence-corrected chi connectivity index (χ1v) is 5.30.